The van der Waals surface area contributed by atoms with Crippen LogP contribution in [0.25, 0.3) is 0 Å². The van der Waals surface area contributed by atoms with Gasteiger partial charge in [-0.25, -0.2) is 0 Å². The number of thioether (sulfide) groups is 1. The summed E-state index contributed by atoms with van der Waals surface area (Å²) in [7, 11) is 0. The fourth-order valence-electron chi connectivity index (χ4n) is 1.49. The molecule has 1 fully saturated rings. The summed E-state index contributed by atoms with van der Waals surface area (Å²) in [4.78, 5) is 0. The second kappa shape index (κ2) is 4.67. The van der Waals surface area contributed by atoms with E-state index in [0.717, 1.165) is 18.7 Å². The molecule has 0 aromatic carbocycles. The Labute approximate surface area is 85.5 Å². The normalized spacial score (nSPS) is 26.3. The minimum Gasteiger partial charge on any atom is -0.391 e. The zero-order valence-electron chi connectivity index (χ0n) is 8.84. The van der Waals surface area contributed by atoms with Gasteiger partial charge in [0.1, 0.15) is 0 Å². The van der Waals surface area contributed by atoms with E-state index in [1.807, 2.05) is 11.8 Å². The smallest absolute Gasteiger partial charge is 0.0783 e. The van der Waals surface area contributed by atoms with Crippen molar-refractivity contribution < 1.29 is 5.11 Å². The van der Waals surface area contributed by atoms with Gasteiger partial charge < -0.3 is 10.4 Å². The zero-order valence-corrected chi connectivity index (χ0v) is 9.66. The number of aliphatic hydroxyl groups excluding tert-OH is 1. The maximum Gasteiger partial charge on any atom is 0.0783 e. The largest absolute Gasteiger partial charge is 0.391 e. The lowest BCUT2D eigenvalue weighted by atomic mass is 10.1. The first-order valence-electron chi connectivity index (χ1n) is 5.04. The maximum absolute atomic E-state index is 9.83. The van der Waals surface area contributed by atoms with Gasteiger partial charge in [0.15, 0.2) is 0 Å². The fraction of sp³-hybridized carbons (Fsp3) is 1.00. The molecule has 2 unspecified atom stereocenters. The fourth-order valence-corrected chi connectivity index (χ4v) is 2.39. The Morgan fingerprint density at radius 3 is 2.69 bits per heavy atom. The second-order valence-corrected chi connectivity index (χ2v) is 6.54. The van der Waals surface area contributed by atoms with Crippen LogP contribution in [-0.2, 0) is 0 Å². The summed E-state index contributed by atoms with van der Waals surface area (Å²) < 4.78 is 0.263. The average molecular weight is 203 g/mol. The Hall–Kier alpha value is 0.270. The molecule has 1 aliphatic rings. The Kier molecular flexibility index (Phi) is 4.07. The molecule has 0 aromatic rings. The highest BCUT2D eigenvalue weighted by atomic mass is 32.2. The predicted molar refractivity (Wildman–Crippen MR) is 59.2 cm³/mol. The van der Waals surface area contributed by atoms with E-state index in [1.165, 1.54) is 6.42 Å². The monoisotopic (exact) mass is 203 g/mol. The zero-order chi connectivity index (χ0) is 9.90. The SMILES string of the molecule is CC(C)(C)SCC(O)C1CCCN1. The summed E-state index contributed by atoms with van der Waals surface area (Å²) in [5.74, 6) is 0.848. The van der Waals surface area contributed by atoms with Crippen LogP contribution in [-0.4, -0.2) is 34.3 Å². The topological polar surface area (TPSA) is 32.3 Å². The molecule has 1 heterocycles. The molecule has 0 aliphatic carbocycles. The van der Waals surface area contributed by atoms with Crippen molar-refractivity contribution in [2.24, 2.45) is 0 Å². The lowest BCUT2D eigenvalue weighted by Gasteiger charge is -2.23. The summed E-state index contributed by atoms with van der Waals surface area (Å²) in [6.07, 6.45) is 2.17. The number of rotatable bonds is 3. The summed E-state index contributed by atoms with van der Waals surface area (Å²) in [5.41, 5.74) is 0. The van der Waals surface area contributed by atoms with Crippen LogP contribution in [0.2, 0.25) is 0 Å². The van der Waals surface area contributed by atoms with E-state index in [2.05, 4.69) is 26.1 Å². The van der Waals surface area contributed by atoms with Gasteiger partial charge in [0.2, 0.25) is 0 Å². The van der Waals surface area contributed by atoms with E-state index in [0.29, 0.717) is 6.04 Å². The van der Waals surface area contributed by atoms with E-state index in [9.17, 15) is 5.11 Å². The van der Waals surface area contributed by atoms with Gasteiger partial charge in [-0.1, -0.05) is 20.8 Å². The molecule has 0 spiro atoms. The molecule has 78 valence electrons. The first-order chi connectivity index (χ1) is 5.99. The highest BCUT2D eigenvalue weighted by molar-refractivity contribution is 8.00. The van der Waals surface area contributed by atoms with Gasteiger partial charge in [0, 0.05) is 16.5 Å². The van der Waals surface area contributed by atoms with Crippen LogP contribution >= 0.6 is 11.8 Å². The van der Waals surface area contributed by atoms with Gasteiger partial charge in [-0.2, -0.15) is 11.8 Å². The van der Waals surface area contributed by atoms with Gasteiger partial charge in [-0.05, 0) is 19.4 Å². The highest BCUT2D eigenvalue weighted by Crippen LogP contribution is 2.25. The first kappa shape index (κ1) is 11.3. The third-order valence-electron chi connectivity index (χ3n) is 2.25. The molecule has 0 amide bonds. The van der Waals surface area contributed by atoms with Crippen LogP contribution < -0.4 is 5.32 Å². The number of hydrogen-bond donors (Lipinski definition) is 2. The summed E-state index contributed by atoms with van der Waals surface area (Å²) >= 11 is 1.84. The van der Waals surface area contributed by atoms with Crippen molar-refractivity contribution >= 4 is 11.8 Å². The average Bonchev–Trinajstić information content (AvgIpc) is 2.50. The highest BCUT2D eigenvalue weighted by Gasteiger charge is 2.24. The van der Waals surface area contributed by atoms with Gasteiger partial charge in [-0.3, -0.25) is 0 Å². The van der Waals surface area contributed by atoms with Gasteiger partial charge in [0.25, 0.3) is 0 Å². The van der Waals surface area contributed by atoms with E-state index < -0.39 is 0 Å². The Balaban J connectivity index is 2.20. The molecule has 1 rings (SSSR count). The quantitative estimate of drug-likeness (QED) is 0.731. The van der Waals surface area contributed by atoms with E-state index >= 15 is 0 Å². The van der Waals surface area contributed by atoms with Crippen molar-refractivity contribution in [3.05, 3.63) is 0 Å². The molecule has 0 aromatic heterocycles. The van der Waals surface area contributed by atoms with E-state index in [-0.39, 0.29) is 10.9 Å². The molecule has 0 bridgehead atoms. The summed E-state index contributed by atoms with van der Waals surface area (Å²) in [6.45, 7) is 7.63. The Bertz CT molecular complexity index is 149. The molecule has 3 heteroatoms. The molecule has 0 radical (unpaired) electrons. The lowest BCUT2D eigenvalue weighted by molar-refractivity contribution is 0.158. The second-order valence-electron chi connectivity index (χ2n) is 4.69. The summed E-state index contributed by atoms with van der Waals surface area (Å²) in [6, 6.07) is 0.342. The third kappa shape index (κ3) is 4.34. The Morgan fingerprint density at radius 2 is 2.23 bits per heavy atom. The van der Waals surface area contributed by atoms with Crippen molar-refractivity contribution in [3.63, 3.8) is 0 Å². The van der Waals surface area contributed by atoms with Crippen molar-refractivity contribution in [1.29, 1.82) is 0 Å². The molecule has 1 aliphatic heterocycles. The molecule has 0 saturated carbocycles. The molecular weight excluding hydrogens is 182 g/mol. The van der Waals surface area contributed by atoms with Crippen LogP contribution in [0, 0.1) is 0 Å². The van der Waals surface area contributed by atoms with Gasteiger partial charge >= 0.3 is 0 Å². The summed E-state index contributed by atoms with van der Waals surface area (Å²) in [5, 5.41) is 13.2. The van der Waals surface area contributed by atoms with Gasteiger partial charge in [0.05, 0.1) is 6.10 Å². The molecule has 2 nitrogen and oxygen atoms in total. The maximum atomic E-state index is 9.83. The molecule has 2 atom stereocenters. The minimum atomic E-state index is -0.174. The molecule has 2 N–H and O–H groups in total. The molecular formula is C10H21NOS. The predicted octanol–water partition coefficient (Wildman–Crippen LogP) is 1.63. The first-order valence-corrected chi connectivity index (χ1v) is 6.03. The standard InChI is InChI=1S/C10H21NOS/c1-10(2,3)13-7-9(12)8-5-4-6-11-8/h8-9,11-12H,4-7H2,1-3H3. The van der Waals surface area contributed by atoms with E-state index in [4.69, 9.17) is 0 Å². The van der Waals surface area contributed by atoms with Crippen molar-refractivity contribution in [2.45, 2.75) is 50.5 Å². The number of aliphatic hydroxyl groups is 1. The van der Waals surface area contributed by atoms with Crippen molar-refractivity contribution in [1.82, 2.24) is 5.32 Å². The van der Waals surface area contributed by atoms with Crippen molar-refractivity contribution in [3.8, 4) is 0 Å². The van der Waals surface area contributed by atoms with E-state index in [1.54, 1.807) is 0 Å². The number of nitrogens with one attached hydrogen (secondary N) is 1. The minimum absolute atomic E-state index is 0.174. The van der Waals surface area contributed by atoms with Crippen LogP contribution in [0.1, 0.15) is 33.6 Å². The molecule has 13 heavy (non-hydrogen) atoms. The van der Waals surface area contributed by atoms with Gasteiger partial charge in [-0.15, -0.1) is 0 Å². The van der Waals surface area contributed by atoms with Crippen LogP contribution in [0.3, 0.4) is 0 Å². The lowest BCUT2D eigenvalue weighted by Crippen LogP contribution is -2.37. The number of hydrogen-bond acceptors (Lipinski definition) is 3. The Morgan fingerprint density at radius 1 is 1.54 bits per heavy atom. The third-order valence-corrected chi connectivity index (χ3v) is 3.62. The van der Waals surface area contributed by atoms with Crippen LogP contribution in [0.4, 0.5) is 0 Å². The molecule has 1 saturated heterocycles. The van der Waals surface area contributed by atoms with Crippen LogP contribution in [0.5, 0.6) is 0 Å². The van der Waals surface area contributed by atoms with Crippen molar-refractivity contribution in [2.75, 3.05) is 12.3 Å². The van der Waals surface area contributed by atoms with Crippen LogP contribution in [0.15, 0.2) is 0 Å².